The van der Waals surface area contributed by atoms with E-state index in [1.54, 1.807) is 35.2 Å². The Morgan fingerprint density at radius 1 is 1.03 bits per heavy atom. The van der Waals surface area contributed by atoms with Gasteiger partial charge in [-0.3, -0.25) is 14.2 Å². The lowest BCUT2D eigenvalue weighted by Gasteiger charge is -2.13. The molecule has 2 heterocycles. The van der Waals surface area contributed by atoms with Crippen LogP contribution in [0, 0.1) is 0 Å². The Bertz CT molecular complexity index is 1350. The molecule has 0 fully saturated rings. The van der Waals surface area contributed by atoms with Crippen LogP contribution in [0.5, 0.6) is 0 Å². The van der Waals surface area contributed by atoms with E-state index in [4.69, 9.17) is 0 Å². The number of imidazole rings is 1. The molecule has 0 radical (unpaired) electrons. The summed E-state index contributed by atoms with van der Waals surface area (Å²) >= 11 is 3.34. The van der Waals surface area contributed by atoms with Crippen molar-refractivity contribution in [3.63, 3.8) is 0 Å². The van der Waals surface area contributed by atoms with E-state index < -0.39 is 23.7 Å². The Morgan fingerprint density at radius 3 is 2.42 bits per heavy atom. The van der Waals surface area contributed by atoms with Crippen molar-refractivity contribution < 1.29 is 4.79 Å². The first-order chi connectivity index (χ1) is 15.0. The smallest absolute Gasteiger partial charge is 0.325 e. The third-order valence-corrected chi connectivity index (χ3v) is 5.47. The van der Waals surface area contributed by atoms with Crippen molar-refractivity contribution in [2.75, 3.05) is 5.32 Å². The number of aromatic nitrogens is 4. The van der Waals surface area contributed by atoms with E-state index in [0.717, 1.165) is 14.6 Å². The predicted octanol–water partition coefficient (Wildman–Crippen LogP) is 2.83. The van der Waals surface area contributed by atoms with Crippen molar-refractivity contribution in [1.82, 2.24) is 18.7 Å². The molecule has 0 spiro atoms. The van der Waals surface area contributed by atoms with E-state index in [-0.39, 0.29) is 6.54 Å². The number of nitrogens with zero attached hydrogens (tertiary/aromatic N) is 4. The summed E-state index contributed by atoms with van der Waals surface area (Å²) in [6.45, 7) is 2.25. The molecule has 158 valence electrons. The molecule has 9 heteroatoms. The van der Waals surface area contributed by atoms with Gasteiger partial charge in [-0.2, -0.15) is 0 Å². The van der Waals surface area contributed by atoms with Crippen molar-refractivity contribution in [3.05, 3.63) is 91.8 Å². The maximum absolute atomic E-state index is 13.2. The molecule has 2 aromatic carbocycles. The molecule has 0 saturated carbocycles. The van der Waals surface area contributed by atoms with Gasteiger partial charge in [0.05, 0.1) is 12.9 Å². The fourth-order valence-electron chi connectivity index (χ4n) is 3.40. The molecule has 1 amide bonds. The normalized spacial score (nSPS) is 11.0. The van der Waals surface area contributed by atoms with E-state index in [1.165, 1.54) is 4.57 Å². The highest BCUT2D eigenvalue weighted by molar-refractivity contribution is 9.10. The molecule has 0 saturated heterocycles. The second-order valence-corrected chi connectivity index (χ2v) is 7.92. The van der Waals surface area contributed by atoms with Crippen LogP contribution in [-0.4, -0.2) is 24.6 Å². The standard InChI is InChI=1S/C22H20BrN5O3/c1-2-26-14-24-20-19(26)21(30)28(13-18(29)25-17-10-8-16(23)9-11-17)22(31)27(20)12-15-6-4-3-5-7-15/h3-11,14H,2,12-13H2,1H3,(H,25,29). The lowest BCUT2D eigenvalue weighted by molar-refractivity contribution is -0.116. The fourth-order valence-corrected chi connectivity index (χ4v) is 3.67. The zero-order valence-corrected chi connectivity index (χ0v) is 18.4. The summed E-state index contributed by atoms with van der Waals surface area (Å²) in [7, 11) is 0. The summed E-state index contributed by atoms with van der Waals surface area (Å²) in [4.78, 5) is 43.3. The largest absolute Gasteiger partial charge is 0.333 e. The number of hydrogen-bond donors (Lipinski definition) is 1. The molecule has 1 N–H and O–H groups in total. The molecule has 2 aromatic heterocycles. The Morgan fingerprint density at radius 2 is 1.74 bits per heavy atom. The molecule has 0 unspecified atom stereocenters. The van der Waals surface area contributed by atoms with Crippen molar-refractivity contribution in [2.45, 2.75) is 26.6 Å². The Labute approximate surface area is 185 Å². The number of fused-ring (bicyclic) bond motifs is 1. The zero-order valence-electron chi connectivity index (χ0n) is 16.8. The Balaban J connectivity index is 1.77. The first-order valence-corrected chi connectivity index (χ1v) is 10.5. The zero-order chi connectivity index (χ0) is 22.0. The molecule has 31 heavy (non-hydrogen) atoms. The first kappa shape index (κ1) is 20.8. The van der Waals surface area contributed by atoms with Gasteiger partial charge in [0.2, 0.25) is 5.91 Å². The number of nitrogens with one attached hydrogen (secondary N) is 1. The second kappa shape index (κ2) is 8.73. The summed E-state index contributed by atoms with van der Waals surface area (Å²) in [5.74, 6) is -0.463. The van der Waals surface area contributed by atoms with Gasteiger partial charge in [0, 0.05) is 16.7 Å². The van der Waals surface area contributed by atoms with Crippen LogP contribution in [-0.2, 0) is 24.4 Å². The number of hydrogen-bond acceptors (Lipinski definition) is 4. The Hall–Kier alpha value is -3.46. The summed E-state index contributed by atoms with van der Waals surface area (Å²) in [6.07, 6.45) is 1.54. The highest BCUT2D eigenvalue weighted by Gasteiger charge is 2.19. The molecule has 4 rings (SSSR count). The summed E-state index contributed by atoms with van der Waals surface area (Å²) in [6, 6.07) is 16.5. The lowest BCUT2D eigenvalue weighted by Crippen LogP contribution is -2.43. The van der Waals surface area contributed by atoms with Crippen LogP contribution >= 0.6 is 15.9 Å². The summed E-state index contributed by atoms with van der Waals surface area (Å²) in [5.41, 5.74) is 0.968. The molecule has 0 aliphatic rings. The molecule has 0 atom stereocenters. The second-order valence-electron chi connectivity index (χ2n) is 7.00. The van der Waals surface area contributed by atoms with Gasteiger partial charge in [-0.1, -0.05) is 46.3 Å². The molecule has 4 aromatic rings. The van der Waals surface area contributed by atoms with Gasteiger partial charge in [0.15, 0.2) is 11.2 Å². The highest BCUT2D eigenvalue weighted by atomic mass is 79.9. The first-order valence-electron chi connectivity index (χ1n) is 9.75. The van der Waals surface area contributed by atoms with Crippen LogP contribution < -0.4 is 16.6 Å². The maximum atomic E-state index is 13.2. The van der Waals surface area contributed by atoms with Crippen LogP contribution in [0.1, 0.15) is 12.5 Å². The number of carbonyl (C=O) groups is 1. The highest BCUT2D eigenvalue weighted by Crippen LogP contribution is 2.14. The third-order valence-electron chi connectivity index (χ3n) is 4.94. The van der Waals surface area contributed by atoms with Crippen LogP contribution in [0.3, 0.4) is 0 Å². The van der Waals surface area contributed by atoms with Crippen molar-refractivity contribution in [3.8, 4) is 0 Å². The fraction of sp³-hybridized carbons (Fsp3) is 0.182. The van der Waals surface area contributed by atoms with E-state index in [9.17, 15) is 14.4 Å². The number of anilines is 1. The van der Waals surface area contributed by atoms with Crippen molar-refractivity contribution in [2.24, 2.45) is 0 Å². The minimum absolute atomic E-state index is 0.242. The number of benzene rings is 2. The topological polar surface area (TPSA) is 90.9 Å². The SMILES string of the molecule is CCn1cnc2c1c(=O)n(CC(=O)Nc1ccc(Br)cc1)c(=O)n2Cc1ccccc1. The van der Waals surface area contributed by atoms with E-state index in [1.807, 2.05) is 37.3 Å². The van der Waals surface area contributed by atoms with Gasteiger partial charge in [0.25, 0.3) is 5.56 Å². The minimum Gasteiger partial charge on any atom is -0.325 e. The quantitative estimate of drug-likeness (QED) is 0.458. The number of aryl methyl sites for hydroxylation is 1. The van der Waals surface area contributed by atoms with Crippen LogP contribution in [0.4, 0.5) is 5.69 Å². The van der Waals surface area contributed by atoms with Gasteiger partial charge in [-0.05, 0) is 36.8 Å². The number of amides is 1. The van der Waals surface area contributed by atoms with Crippen LogP contribution in [0.2, 0.25) is 0 Å². The van der Waals surface area contributed by atoms with Crippen molar-refractivity contribution >= 4 is 38.7 Å². The minimum atomic E-state index is -0.575. The maximum Gasteiger partial charge on any atom is 0.333 e. The molecule has 0 aliphatic heterocycles. The molecular weight excluding hydrogens is 462 g/mol. The average molecular weight is 482 g/mol. The van der Waals surface area contributed by atoms with Gasteiger partial charge in [0.1, 0.15) is 6.54 Å². The van der Waals surface area contributed by atoms with Gasteiger partial charge in [-0.25, -0.2) is 14.3 Å². The van der Waals surface area contributed by atoms with Crippen molar-refractivity contribution in [1.29, 1.82) is 0 Å². The number of carbonyl (C=O) groups excluding carboxylic acids is 1. The predicted molar refractivity (Wildman–Crippen MR) is 122 cm³/mol. The molecular formula is C22H20BrN5O3. The number of rotatable bonds is 6. The lowest BCUT2D eigenvalue weighted by atomic mass is 10.2. The summed E-state index contributed by atoms with van der Waals surface area (Å²) in [5, 5.41) is 2.72. The van der Waals surface area contributed by atoms with Crippen LogP contribution in [0.15, 0.2) is 75.0 Å². The van der Waals surface area contributed by atoms with E-state index in [2.05, 4.69) is 26.2 Å². The average Bonchev–Trinajstić information content (AvgIpc) is 3.21. The van der Waals surface area contributed by atoms with E-state index >= 15 is 0 Å². The third kappa shape index (κ3) is 4.22. The van der Waals surface area contributed by atoms with E-state index in [0.29, 0.717) is 23.4 Å². The number of halogens is 1. The summed E-state index contributed by atoms with van der Waals surface area (Å²) < 4.78 is 4.96. The van der Waals surface area contributed by atoms with Gasteiger partial charge in [-0.15, -0.1) is 0 Å². The monoisotopic (exact) mass is 481 g/mol. The Kier molecular flexibility index (Phi) is 5.85. The molecule has 8 nitrogen and oxygen atoms in total. The van der Waals surface area contributed by atoms with Gasteiger partial charge < -0.3 is 9.88 Å². The van der Waals surface area contributed by atoms with Crippen LogP contribution in [0.25, 0.3) is 11.2 Å². The van der Waals surface area contributed by atoms with Gasteiger partial charge >= 0.3 is 5.69 Å². The molecule has 0 aliphatic carbocycles. The molecule has 0 bridgehead atoms.